The molecule has 0 aliphatic rings. The summed E-state index contributed by atoms with van der Waals surface area (Å²) in [6.07, 6.45) is 0. The molecule has 72 valence electrons. The Kier molecular flexibility index (Phi) is 2.78. The smallest absolute Gasteiger partial charge is 0.145 e. The number of nitrogens with zero attached hydrogens (tertiary/aromatic N) is 1. The van der Waals surface area contributed by atoms with E-state index in [4.69, 9.17) is 5.73 Å². The highest BCUT2D eigenvalue weighted by molar-refractivity contribution is 14.1. The van der Waals surface area contributed by atoms with Crippen LogP contribution in [0, 0.1) is 3.57 Å². The van der Waals surface area contributed by atoms with Gasteiger partial charge in [0.1, 0.15) is 5.82 Å². The van der Waals surface area contributed by atoms with Crippen LogP contribution in [0.5, 0.6) is 0 Å². The molecule has 0 bridgehead atoms. The van der Waals surface area contributed by atoms with E-state index in [9.17, 15) is 0 Å². The van der Waals surface area contributed by atoms with Crippen LogP contribution in [-0.4, -0.2) is 10.2 Å². The van der Waals surface area contributed by atoms with Gasteiger partial charge in [-0.25, -0.2) is 0 Å². The third-order valence-electron chi connectivity index (χ3n) is 1.83. The van der Waals surface area contributed by atoms with E-state index < -0.39 is 0 Å². The van der Waals surface area contributed by atoms with Crippen LogP contribution in [0.3, 0.4) is 0 Å². The van der Waals surface area contributed by atoms with E-state index in [-0.39, 0.29) is 0 Å². The highest BCUT2D eigenvalue weighted by Gasteiger charge is 2.03. The Bertz CT molecular complexity index is 467. The van der Waals surface area contributed by atoms with Crippen molar-refractivity contribution in [3.63, 3.8) is 0 Å². The molecule has 0 aliphatic carbocycles. The van der Waals surface area contributed by atoms with Gasteiger partial charge in [-0.1, -0.05) is 6.07 Å². The van der Waals surface area contributed by atoms with E-state index >= 15 is 0 Å². The largest absolute Gasteiger partial charge is 0.382 e. The molecule has 0 saturated heterocycles. The van der Waals surface area contributed by atoms with Gasteiger partial charge in [0.15, 0.2) is 0 Å². The highest BCUT2D eigenvalue weighted by Crippen LogP contribution is 2.26. The summed E-state index contributed by atoms with van der Waals surface area (Å²) in [7, 11) is 0. The summed E-state index contributed by atoms with van der Waals surface area (Å²) in [6, 6.07) is 7.92. The van der Waals surface area contributed by atoms with Crippen LogP contribution in [0.25, 0.3) is 11.3 Å². The number of nitrogen functional groups attached to an aromatic ring is 1. The van der Waals surface area contributed by atoms with Crippen molar-refractivity contribution in [2.24, 2.45) is 0 Å². The fourth-order valence-electron chi connectivity index (χ4n) is 1.15. The van der Waals surface area contributed by atoms with Crippen LogP contribution in [-0.2, 0) is 0 Å². The number of rotatable bonds is 1. The van der Waals surface area contributed by atoms with Gasteiger partial charge in [0.05, 0.1) is 5.69 Å². The Hall–Kier alpha value is -0.560. The molecule has 5 heteroatoms. The van der Waals surface area contributed by atoms with E-state index in [0.717, 1.165) is 15.7 Å². The van der Waals surface area contributed by atoms with E-state index in [0.29, 0.717) is 5.82 Å². The molecule has 0 spiro atoms. The van der Waals surface area contributed by atoms with E-state index in [1.165, 1.54) is 3.57 Å². The van der Waals surface area contributed by atoms with E-state index in [1.807, 2.05) is 24.3 Å². The van der Waals surface area contributed by atoms with Gasteiger partial charge in [-0.15, -0.1) is 0 Å². The van der Waals surface area contributed by atoms with E-state index in [1.54, 1.807) is 0 Å². The molecule has 3 N–H and O–H groups in total. The topological polar surface area (TPSA) is 54.7 Å². The Labute approximate surface area is 103 Å². The van der Waals surface area contributed by atoms with E-state index in [2.05, 4.69) is 48.7 Å². The van der Waals surface area contributed by atoms with Gasteiger partial charge < -0.3 is 5.73 Å². The van der Waals surface area contributed by atoms with Crippen LogP contribution in [0.2, 0.25) is 0 Å². The van der Waals surface area contributed by atoms with Gasteiger partial charge in [0.2, 0.25) is 0 Å². The number of aromatic amines is 1. The van der Waals surface area contributed by atoms with Crippen molar-refractivity contribution in [1.82, 2.24) is 10.2 Å². The predicted octanol–water partition coefficient (Wildman–Crippen LogP) is 3.03. The zero-order valence-electron chi connectivity index (χ0n) is 7.09. The van der Waals surface area contributed by atoms with Gasteiger partial charge in [0, 0.05) is 19.7 Å². The molecule has 0 aliphatic heterocycles. The summed E-state index contributed by atoms with van der Waals surface area (Å²) >= 11 is 5.75. The maximum absolute atomic E-state index is 5.53. The lowest BCUT2D eigenvalue weighted by Gasteiger charge is -1.99. The minimum absolute atomic E-state index is 0.509. The van der Waals surface area contributed by atoms with Gasteiger partial charge in [0.25, 0.3) is 0 Å². The summed E-state index contributed by atoms with van der Waals surface area (Å²) in [6.45, 7) is 0. The molecule has 0 atom stereocenters. The molecule has 0 radical (unpaired) electrons. The first-order valence-electron chi connectivity index (χ1n) is 3.93. The molecular weight excluding hydrogens is 357 g/mol. The number of benzene rings is 1. The van der Waals surface area contributed by atoms with Crippen LogP contribution in [0.4, 0.5) is 5.82 Å². The number of nitrogens with two attached hydrogens (primary N) is 1. The zero-order valence-corrected chi connectivity index (χ0v) is 10.8. The average Bonchev–Trinajstić information content (AvgIpc) is 2.57. The number of nitrogens with one attached hydrogen (secondary N) is 1. The molecule has 14 heavy (non-hydrogen) atoms. The molecule has 1 aromatic heterocycles. The van der Waals surface area contributed by atoms with Crippen molar-refractivity contribution < 1.29 is 0 Å². The third-order valence-corrected chi connectivity index (χ3v) is 4.17. The lowest BCUT2D eigenvalue weighted by atomic mass is 10.2. The SMILES string of the molecule is Nc1cc(-c2ccc(I)c(Br)c2)[nH]n1. The standard InChI is InChI=1S/C9H7BrIN3/c10-6-3-5(1-2-7(6)11)8-4-9(12)14-13-8/h1-4H,(H3,12,13,14). The van der Waals surface area contributed by atoms with Gasteiger partial charge >= 0.3 is 0 Å². The predicted molar refractivity (Wildman–Crippen MR) is 68.9 cm³/mol. The normalized spacial score (nSPS) is 10.4. The fraction of sp³-hybridized carbons (Fsp3) is 0. The maximum Gasteiger partial charge on any atom is 0.145 e. The number of aromatic nitrogens is 2. The van der Waals surface area contributed by atoms with Gasteiger partial charge in [-0.2, -0.15) is 5.10 Å². The van der Waals surface area contributed by atoms with Crippen molar-refractivity contribution >= 4 is 44.3 Å². The van der Waals surface area contributed by atoms with Crippen molar-refractivity contribution in [3.8, 4) is 11.3 Å². The number of halogens is 2. The first-order chi connectivity index (χ1) is 6.66. The van der Waals surface area contributed by atoms with Crippen molar-refractivity contribution in [2.45, 2.75) is 0 Å². The van der Waals surface area contributed by atoms with Crippen LogP contribution >= 0.6 is 38.5 Å². The molecule has 1 heterocycles. The quantitative estimate of drug-likeness (QED) is 0.765. The molecule has 2 aromatic rings. The Morgan fingerprint density at radius 3 is 2.71 bits per heavy atom. The second-order valence-corrected chi connectivity index (χ2v) is 4.85. The average molecular weight is 364 g/mol. The summed E-state index contributed by atoms with van der Waals surface area (Å²) < 4.78 is 2.25. The summed E-state index contributed by atoms with van der Waals surface area (Å²) in [5.41, 5.74) is 7.53. The van der Waals surface area contributed by atoms with Crippen molar-refractivity contribution in [2.75, 3.05) is 5.73 Å². The molecular formula is C9H7BrIN3. The zero-order chi connectivity index (χ0) is 10.1. The lowest BCUT2D eigenvalue weighted by molar-refractivity contribution is 1.10. The first-order valence-corrected chi connectivity index (χ1v) is 5.80. The van der Waals surface area contributed by atoms with Gasteiger partial charge in [-0.3, -0.25) is 5.10 Å². The molecule has 2 rings (SSSR count). The number of H-pyrrole nitrogens is 1. The Morgan fingerprint density at radius 1 is 1.36 bits per heavy atom. The maximum atomic E-state index is 5.53. The summed E-state index contributed by atoms with van der Waals surface area (Å²) in [5.74, 6) is 0.509. The Balaban J connectivity index is 2.47. The van der Waals surface area contributed by atoms with Crippen LogP contribution in [0.15, 0.2) is 28.7 Å². The second kappa shape index (κ2) is 3.90. The molecule has 1 aromatic carbocycles. The molecule has 0 amide bonds. The second-order valence-electron chi connectivity index (χ2n) is 2.84. The molecule has 0 fully saturated rings. The lowest BCUT2D eigenvalue weighted by Crippen LogP contribution is -1.81. The third kappa shape index (κ3) is 1.93. The minimum atomic E-state index is 0.509. The number of anilines is 1. The molecule has 0 unspecified atom stereocenters. The van der Waals surface area contributed by atoms with Crippen molar-refractivity contribution in [3.05, 3.63) is 32.3 Å². The summed E-state index contributed by atoms with van der Waals surface area (Å²) in [5, 5.41) is 6.75. The fourth-order valence-corrected chi connectivity index (χ4v) is 1.86. The Morgan fingerprint density at radius 2 is 2.14 bits per heavy atom. The van der Waals surface area contributed by atoms with Gasteiger partial charge in [-0.05, 0) is 50.7 Å². The highest BCUT2D eigenvalue weighted by atomic mass is 127. The van der Waals surface area contributed by atoms with Crippen molar-refractivity contribution in [1.29, 1.82) is 0 Å². The number of hydrogen-bond donors (Lipinski definition) is 2. The summed E-state index contributed by atoms with van der Waals surface area (Å²) in [4.78, 5) is 0. The van der Waals surface area contributed by atoms with Crippen LogP contribution in [0.1, 0.15) is 0 Å². The number of hydrogen-bond acceptors (Lipinski definition) is 2. The molecule has 3 nitrogen and oxygen atoms in total. The van der Waals surface area contributed by atoms with Crippen LogP contribution < -0.4 is 5.73 Å². The minimum Gasteiger partial charge on any atom is -0.382 e. The monoisotopic (exact) mass is 363 g/mol. The first kappa shape index (κ1) is 9.97. The molecule has 0 saturated carbocycles.